The Bertz CT molecular complexity index is 232. The van der Waals surface area contributed by atoms with Crippen molar-refractivity contribution in [3.63, 3.8) is 0 Å². The molecule has 0 aliphatic carbocycles. The van der Waals surface area contributed by atoms with Crippen LogP contribution in [0.15, 0.2) is 0 Å². The van der Waals surface area contributed by atoms with Crippen LogP contribution in [0.1, 0.15) is 44.9 Å². The van der Waals surface area contributed by atoms with Gasteiger partial charge in [-0.3, -0.25) is 0 Å². The molecule has 2 unspecified atom stereocenters. The molecule has 2 rings (SSSR count). The van der Waals surface area contributed by atoms with E-state index in [1.165, 1.54) is 71.1 Å². The van der Waals surface area contributed by atoms with Crippen LogP contribution < -0.4 is 5.73 Å². The number of likely N-dealkylation sites (tertiary alicyclic amines) is 2. The van der Waals surface area contributed by atoms with Gasteiger partial charge < -0.3 is 15.5 Å². The fourth-order valence-electron chi connectivity index (χ4n) is 3.76. The average Bonchev–Trinajstić information content (AvgIpc) is 2.39. The first-order chi connectivity index (χ1) is 8.81. The van der Waals surface area contributed by atoms with Gasteiger partial charge in [-0.15, -0.1) is 0 Å². The van der Waals surface area contributed by atoms with E-state index in [0.29, 0.717) is 0 Å². The Labute approximate surface area is 113 Å². The molecular formula is C15H31N3. The van der Waals surface area contributed by atoms with E-state index in [1.54, 1.807) is 0 Å². The monoisotopic (exact) mass is 253 g/mol. The SMILES string of the molecule is CN1CCCC2CN(CCCCCCN)CCC21. The minimum absolute atomic E-state index is 0.861. The van der Waals surface area contributed by atoms with E-state index in [1.807, 2.05) is 0 Å². The van der Waals surface area contributed by atoms with Crippen molar-refractivity contribution in [3.05, 3.63) is 0 Å². The molecular weight excluding hydrogens is 222 g/mol. The summed E-state index contributed by atoms with van der Waals surface area (Å²) in [5, 5.41) is 0. The summed E-state index contributed by atoms with van der Waals surface area (Å²) >= 11 is 0. The highest BCUT2D eigenvalue weighted by molar-refractivity contribution is 4.89. The third-order valence-electron chi connectivity index (χ3n) is 4.86. The summed E-state index contributed by atoms with van der Waals surface area (Å²) in [6.45, 7) is 6.17. The normalized spacial score (nSPS) is 30.3. The lowest BCUT2D eigenvalue weighted by atomic mass is 9.84. The molecule has 2 atom stereocenters. The predicted octanol–water partition coefficient (Wildman–Crippen LogP) is 1.92. The number of fused-ring (bicyclic) bond motifs is 1. The third-order valence-corrected chi connectivity index (χ3v) is 4.86. The van der Waals surface area contributed by atoms with E-state index in [9.17, 15) is 0 Å². The Balaban J connectivity index is 1.64. The Hall–Kier alpha value is -0.120. The molecule has 2 aliphatic heterocycles. The molecule has 0 radical (unpaired) electrons. The maximum absolute atomic E-state index is 5.52. The van der Waals surface area contributed by atoms with Gasteiger partial charge in [-0.1, -0.05) is 12.8 Å². The van der Waals surface area contributed by atoms with Crippen LogP contribution in [-0.2, 0) is 0 Å². The standard InChI is InChI=1S/C15H31N3/c1-17-10-6-7-14-13-18(12-8-15(14)17)11-5-3-2-4-9-16/h14-15H,2-13,16H2,1H3. The highest BCUT2D eigenvalue weighted by Gasteiger charge is 2.33. The van der Waals surface area contributed by atoms with Gasteiger partial charge in [-0.2, -0.15) is 0 Å². The van der Waals surface area contributed by atoms with Gasteiger partial charge in [-0.25, -0.2) is 0 Å². The molecule has 2 saturated heterocycles. The topological polar surface area (TPSA) is 32.5 Å². The lowest BCUT2D eigenvalue weighted by Crippen LogP contribution is -2.52. The quantitative estimate of drug-likeness (QED) is 0.734. The zero-order chi connectivity index (χ0) is 12.8. The molecule has 0 saturated carbocycles. The van der Waals surface area contributed by atoms with Crippen molar-refractivity contribution in [1.29, 1.82) is 0 Å². The fourth-order valence-corrected chi connectivity index (χ4v) is 3.76. The first-order valence-corrected chi connectivity index (χ1v) is 7.94. The molecule has 0 aromatic heterocycles. The summed E-state index contributed by atoms with van der Waals surface area (Å²) in [7, 11) is 2.32. The van der Waals surface area contributed by atoms with Crippen molar-refractivity contribution in [2.24, 2.45) is 11.7 Å². The van der Waals surface area contributed by atoms with Crippen LogP contribution in [0.2, 0.25) is 0 Å². The molecule has 2 fully saturated rings. The smallest absolute Gasteiger partial charge is 0.0145 e. The molecule has 2 heterocycles. The van der Waals surface area contributed by atoms with Gasteiger partial charge in [0.05, 0.1) is 0 Å². The number of unbranched alkanes of at least 4 members (excludes halogenated alkanes) is 3. The summed E-state index contributed by atoms with van der Waals surface area (Å²) < 4.78 is 0. The molecule has 0 amide bonds. The first kappa shape index (κ1) is 14.3. The van der Waals surface area contributed by atoms with Crippen molar-refractivity contribution in [2.45, 2.75) is 51.0 Å². The summed E-state index contributed by atoms with van der Waals surface area (Å²) in [5.41, 5.74) is 5.52. The van der Waals surface area contributed by atoms with Gasteiger partial charge in [0.1, 0.15) is 0 Å². The van der Waals surface area contributed by atoms with E-state index in [0.717, 1.165) is 18.5 Å². The minimum atomic E-state index is 0.861. The highest BCUT2D eigenvalue weighted by Crippen LogP contribution is 2.29. The molecule has 3 heteroatoms. The van der Waals surface area contributed by atoms with Crippen LogP contribution in [0, 0.1) is 5.92 Å². The molecule has 0 aromatic carbocycles. The fraction of sp³-hybridized carbons (Fsp3) is 1.00. The third kappa shape index (κ3) is 3.94. The Morgan fingerprint density at radius 3 is 2.72 bits per heavy atom. The summed E-state index contributed by atoms with van der Waals surface area (Å²) in [4.78, 5) is 5.32. The maximum atomic E-state index is 5.52. The first-order valence-electron chi connectivity index (χ1n) is 7.94. The number of hydrogen-bond acceptors (Lipinski definition) is 3. The van der Waals surface area contributed by atoms with Crippen molar-refractivity contribution in [1.82, 2.24) is 9.80 Å². The van der Waals surface area contributed by atoms with Gasteiger partial charge in [0, 0.05) is 12.6 Å². The van der Waals surface area contributed by atoms with Crippen LogP contribution in [0.3, 0.4) is 0 Å². The molecule has 2 aliphatic rings. The van der Waals surface area contributed by atoms with Crippen molar-refractivity contribution in [3.8, 4) is 0 Å². The van der Waals surface area contributed by atoms with E-state index < -0.39 is 0 Å². The Morgan fingerprint density at radius 1 is 1.06 bits per heavy atom. The number of nitrogens with zero attached hydrogens (tertiary/aromatic N) is 2. The van der Waals surface area contributed by atoms with Gasteiger partial charge >= 0.3 is 0 Å². The second-order valence-corrected chi connectivity index (χ2v) is 6.24. The maximum Gasteiger partial charge on any atom is 0.0145 e. The van der Waals surface area contributed by atoms with Crippen molar-refractivity contribution in [2.75, 3.05) is 39.8 Å². The summed E-state index contributed by atoms with van der Waals surface area (Å²) in [5.74, 6) is 0.946. The second kappa shape index (κ2) is 7.46. The number of piperidine rings is 2. The Morgan fingerprint density at radius 2 is 1.89 bits per heavy atom. The molecule has 0 bridgehead atoms. The van der Waals surface area contributed by atoms with Crippen LogP contribution in [-0.4, -0.2) is 55.6 Å². The highest BCUT2D eigenvalue weighted by atomic mass is 15.2. The predicted molar refractivity (Wildman–Crippen MR) is 77.7 cm³/mol. The van der Waals surface area contributed by atoms with Crippen molar-refractivity contribution < 1.29 is 0 Å². The van der Waals surface area contributed by atoms with E-state index in [-0.39, 0.29) is 0 Å². The molecule has 3 nitrogen and oxygen atoms in total. The largest absolute Gasteiger partial charge is 0.330 e. The molecule has 2 N–H and O–H groups in total. The van der Waals surface area contributed by atoms with Gasteiger partial charge in [-0.05, 0) is 71.2 Å². The van der Waals surface area contributed by atoms with Gasteiger partial charge in [0.2, 0.25) is 0 Å². The summed E-state index contributed by atoms with van der Waals surface area (Å²) in [6.07, 6.45) is 9.51. The molecule has 0 spiro atoms. The molecule has 106 valence electrons. The van der Waals surface area contributed by atoms with Crippen molar-refractivity contribution >= 4 is 0 Å². The van der Waals surface area contributed by atoms with Crippen LogP contribution in [0.5, 0.6) is 0 Å². The Kier molecular flexibility index (Phi) is 5.93. The number of nitrogens with two attached hydrogens (primary N) is 1. The molecule has 18 heavy (non-hydrogen) atoms. The zero-order valence-electron chi connectivity index (χ0n) is 12.1. The zero-order valence-corrected chi connectivity index (χ0v) is 12.1. The van der Waals surface area contributed by atoms with Crippen LogP contribution in [0.25, 0.3) is 0 Å². The molecule has 0 aromatic rings. The second-order valence-electron chi connectivity index (χ2n) is 6.24. The minimum Gasteiger partial charge on any atom is -0.330 e. The number of rotatable bonds is 6. The average molecular weight is 253 g/mol. The van der Waals surface area contributed by atoms with E-state index >= 15 is 0 Å². The van der Waals surface area contributed by atoms with Gasteiger partial charge in [0.15, 0.2) is 0 Å². The lowest BCUT2D eigenvalue weighted by molar-refractivity contribution is 0.0380. The van der Waals surface area contributed by atoms with Crippen LogP contribution in [0.4, 0.5) is 0 Å². The van der Waals surface area contributed by atoms with Crippen LogP contribution >= 0.6 is 0 Å². The summed E-state index contributed by atoms with van der Waals surface area (Å²) in [6, 6.07) is 0.882. The van der Waals surface area contributed by atoms with Gasteiger partial charge in [0.25, 0.3) is 0 Å². The number of hydrogen-bond donors (Lipinski definition) is 1. The van der Waals surface area contributed by atoms with E-state index in [2.05, 4.69) is 16.8 Å². The lowest BCUT2D eigenvalue weighted by Gasteiger charge is -2.46. The van der Waals surface area contributed by atoms with E-state index in [4.69, 9.17) is 5.73 Å².